The normalized spacial score (nSPS) is 26.1. The van der Waals surface area contributed by atoms with E-state index >= 15 is 0 Å². The van der Waals surface area contributed by atoms with Crippen molar-refractivity contribution < 1.29 is 14.3 Å². The van der Waals surface area contributed by atoms with E-state index in [1.165, 1.54) is 12.8 Å². The van der Waals surface area contributed by atoms with Gasteiger partial charge in [-0.15, -0.1) is 0 Å². The Kier molecular flexibility index (Phi) is 3.87. The summed E-state index contributed by atoms with van der Waals surface area (Å²) in [7, 11) is 1.85. The Morgan fingerprint density at radius 2 is 2.00 bits per heavy atom. The van der Waals surface area contributed by atoms with Gasteiger partial charge in [0.2, 0.25) is 5.91 Å². The van der Waals surface area contributed by atoms with Gasteiger partial charge in [0, 0.05) is 19.6 Å². The standard InChI is InChI=1S/C17H23N3O3/c1-20(17(21)14-9-13(18-19-14)12-3-4-12)10-11-2-5-15-16(8-11)23-7-6-22-15/h2,5,8,12-14,18-19H,3-4,6-7,9-10H2,1H3. The molecule has 6 heteroatoms. The third kappa shape index (κ3) is 3.14. The van der Waals surface area contributed by atoms with Crippen molar-refractivity contribution >= 4 is 5.91 Å². The Morgan fingerprint density at radius 1 is 1.22 bits per heavy atom. The molecule has 2 unspecified atom stereocenters. The van der Waals surface area contributed by atoms with Gasteiger partial charge in [0.15, 0.2) is 11.5 Å². The van der Waals surface area contributed by atoms with Crippen molar-refractivity contribution in [3.05, 3.63) is 23.8 Å². The van der Waals surface area contributed by atoms with Crippen LogP contribution in [0, 0.1) is 5.92 Å². The second-order valence-corrected chi connectivity index (χ2v) is 6.69. The van der Waals surface area contributed by atoms with Gasteiger partial charge in [-0.05, 0) is 42.9 Å². The maximum Gasteiger partial charge on any atom is 0.241 e. The summed E-state index contributed by atoms with van der Waals surface area (Å²) in [6.07, 6.45) is 3.45. The van der Waals surface area contributed by atoms with Gasteiger partial charge in [0.05, 0.1) is 0 Å². The highest BCUT2D eigenvalue weighted by atomic mass is 16.6. The highest BCUT2D eigenvalue weighted by Gasteiger charge is 2.39. The van der Waals surface area contributed by atoms with Crippen LogP contribution in [-0.2, 0) is 11.3 Å². The van der Waals surface area contributed by atoms with E-state index < -0.39 is 0 Å². The van der Waals surface area contributed by atoms with Crippen molar-refractivity contribution in [1.29, 1.82) is 0 Å². The Labute approximate surface area is 136 Å². The number of benzene rings is 1. The van der Waals surface area contributed by atoms with E-state index in [0.717, 1.165) is 29.4 Å². The zero-order valence-electron chi connectivity index (χ0n) is 13.4. The summed E-state index contributed by atoms with van der Waals surface area (Å²) < 4.78 is 11.1. The molecule has 1 amide bonds. The predicted octanol–water partition coefficient (Wildman–Crippen LogP) is 1.06. The van der Waals surface area contributed by atoms with E-state index in [-0.39, 0.29) is 11.9 Å². The molecule has 23 heavy (non-hydrogen) atoms. The number of nitrogens with zero attached hydrogens (tertiary/aromatic N) is 1. The summed E-state index contributed by atoms with van der Waals surface area (Å²) >= 11 is 0. The molecule has 6 nitrogen and oxygen atoms in total. The van der Waals surface area contributed by atoms with Gasteiger partial charge in [-0.1, -0.05) is 6.07 Å². The van der Waals surface area contributed by atoms with Gasteiger partial charge in [-0.2, -0.15) is 0 Å². The second-order valence-electron chi connectivity index (χ2n) is 6.69. The topological polar surface area (TPSA) is 62.8 Å². The van der Waals surface area contributed by atoms with Crippen LogP contribution < -0.4 is 20.3 Å². The zero-order valence-corrected chi connectivity index (χ0v) is 13.4. The van der Waals surface area contributed by atoms with Gasteiger partial charge in [0.1, 0.15) is 19.3 Å². The van der Waals surface area contributed by atoms with Crippen LogP contribution in [0.25, 0.3) is 0 Å². The van der Waals surface area contributed by atoms with Gasteiger partial charge in [-0.3, -0.25) is 10.2 Å². The fraction of sp³-hybridized carbons (Fsp3) is 0.588. The average Bonchev–Trinajstić information content (AvgIpc) is 3.31. The molecule has 1 saturated heterocycles. The van der Waals surface area contributed by atoms with Crippen molar-refractivity contribution in [2.24, 2.45) is 5.92 Å². The quantitative estimate of drug-likeness (QED) is 0.869. The van der Waals surface area contributed by atoms with E-state index in [4.69, 9.17) is 9.47 Å². The van der Waals surface area contributed by atoms with Crippen LogP contribution in [0.3, 0.4) is 0 Å². The number of carbonyl (C=O) groups is 1. The SMILES string of the molecule is CN(Cc1ccc2c(c1)OCCO2)C(=O)C1CC(C2CC2)NN1. The third-order valence-corrected chi connectivity index (χ3v) is 4.82. The zero-order chi connectivity index (χ0) is 15.8. The minimum atomic E-state index is -0.122. The summed E-state index contributed by atoms with van der Waals surface area (Å²) in [5.41, 5.74) is 7.48. The van der Waals surface area contributed by atoms with Gasteiger partial charge >= 0.3 is 0 Å². The van der Waals surface area contributed by atoms with Gasteiger partial charge < -0.3 is 14.4 Å². The molecule has 0 bridgehead atoms. The van der Waals surface area contributed by atoms with Crippen LogP contribution in [0.5, 0.6) is 11.5 Å². The lowest BCUT2D eigenvalue weighted by atomic mass is 10.1. The molecule has 1 aliphatic carbocycles. The summed E-state index contributed by atoms with van der Waals surface area (Å²) in [5, 5.41) is 0. The molecule has 3 aliphatic rings. The number of hydrogen-bond donors (Lipinski definition) is 2. The Hall–Kier alpha value is -1.79. The number of ether oxygens (including phenoxy) is 2. The fourth-order valence-electron chi connectivity index (χ4n) is 3.35. The van der Waals surface area contributed by atoms with Crippen LogP contribution in [0.2, 0.25) is 0 Å². The Bertz CT molecular complexity index is 603. The number of nitrogens with one attached hydrogen (secondary N) is 2. The summed E-state index contributed by atoms with van der Waals surface area (Å²) in [4.78, 5) is 14.4. The second kappa shape index (κ2) is 6.02. The molecule has 124 valence electrons. The molecule has 0 radical (unpaired) electrons. The van der Waals surface area contributed by atoms with Crippen LogP contribution in [0.4, 0.5) is 0 Å². The molecule has 2 heterocycles. The largest absolute Gasteiger partial charge is 0.486 e. The van der Waals surface area contributed by atoms with Crippen molar-refractivity contribution in [3.63, 3.8) is 0 Å². The molecule has 0 spiro atoms. The summed E-state index contributed by atoms with van der Waals surface area (Å²) in [5.74, 6) is 2.44. The average molecular weight is 317 g/mol. The first-order chi connectivity index (χ1) is 11.2. The van der Waals surface area contributed by atoms with Gasteiger partial charge in [-0.25, -0.2) is 5.43 Å². The minimum absolute atomic E-state index is 0.122. The predicted molar refractivity (Wildman–Crippen MR) is 85.1 cm³/mol. The lowest BCUT2D eigenvalue weighted by Gasteiger charge is -2.23. The van der Waals surface area contributed by atoms with Crippen molar-refractivity contribution in [3.8, 4) is 11.5 Å². The molecule has 1 saturated carbocycles. The number of hydrogen-bond acceptors (Lipinski definition) is 5. The van der Waals surface area contributed by atoms with E-state index in [9.17, 15) is 4.79 Å². The van der Waals surface area contributed by atoms with Crippen LogP contribution in [-0.4, -0.2) is 43.2 Å². The Balaban J connectivity index is 1.37. The van der Waals surface area contributed by atoms with E-state index in [1.807, 2.05) is 25.2 Å². The number of fused-ring (bicyclic) bond motifs is 1. The number of likely N-dealkylation sites (N-methyl/N-ethyl adjacent to an activating group) is 1. The molecule has 1 aromatic carbocycles. The van der Waals surface area contributed by atoms with E-state index in [0.29, 0.717) is 25.8 Å². The summed E-state index contributed by atoms with van der Waals surface area (Å²) in [6.45, 7) is 1.74. The van der Waals surface area contributed by atoms with E-state index in [2.05, 4.69) is 10.9 Å². The lowest BCUT2D eigenvalue weighted by molar-refractivity contribution is -0.132. The Morgan fingerprint density at radius 3 is 2.78 bits per heavy atom. The molecule has 2 atom stereocenters. The molecule has 1 aromatic rings. The third-order valence-electron chi connectivity index (χ3n) is 4.82. The number of hydrazine groups is 1. The smallest absolute Gasteiger partial charge is 0.241 e. The number of amides is 1. The van der Waals surface area contributed by atoms with Crippen LogP contribution in [0.15, 0.2) is 18.2 Å². The van der Waals surface area contributed by atoms with Crippen molar-refractivity contribution in [1.82, 2.24) is 15.8 Å². The molecule has 4 rings (SSSR count). The fourth-order valence-corrected chi connectivity index (χ4v) is 3.35. The minimum Gasteiger partial charge on any atom is -0.486 e. The lowest BCUT2D eigenvalue weighted by Crippen LogP contribution is -2.44. The highest BCUT2D eigenvalue weighted by molar-refractivity contribution is 5.82. The first kappa shape index (κ1) is 14.8. The highest BCUT2D eigenvalue weighted by Crippen LogP contribution is 2.36. The molecular weight excluding hydrogens is 294 g/mol. The summed E-state index contributed by atoms with van der Waals surface area (Å²) in [6, 6.07) is 6.20. The van der Waals surface area contributed by atoms with E-state index in [1.54, 1.807) is 4.90 Å². The van der Waals surface area contributed by atoms with Crippen molar-refractivity contribution in [2.45, 2.75) is 37.9 Å². The van der Waals surface area contributed by atoms with Crippen LogP contribution in [0.1, 0.15) is 24.8 Å². The first-order valence-electron chi connectivity index (χ1n) is 8.35. The first-order valence-corrected chi connectivity index (χ1v) is 8.35. The maximum absolute atomic E-state index is 12.6. The van der Waals surface area contributed by atoms with Crippen molar-refractivity contribution in [2.75, 3.05) is 20.3 Å². The molecular formula is C17H23N3O3. The number of rotatable bonds is 4. The van der Waals surface area contributed by atoms with Crippen LogP contribution >= 0.6 is 0 Å². The molecule has 0 aromatic heterocycles. The molecule has 2 aliphatic heterocycles. The molecule has 2 fully saturated rings. The molecule has 2 N–H and O–H groups in total. The monoisotopic (exact) mass is 317 g/mol. The van der Waals surface area contributed by atoms with Gasteiger partial charge in [0.25, 0.3) is 0 Å². The maximum atomic E-state index is 12.6. The number of carbonyl (C=O) groups excluding carboxylic acids is 1.